The first kappa shape index (κ1) is 12.7. The molecule has 94 valence electrons. The minimum Gasteiger partial charge on any atom is -0.495 e. The van der Waals surface area contributed by atoms with Crippen LogP contribution in [0, 0.1) is 13.8 Å². The van der Waals surface area contributed by atoms with Gasteiger partial charge in [-0.3, -0.25) is 0 Å². The molecule has 1 unspecified atom stereocenters. The van der Waals surface area contributed by atoms with Gasteiger partial charge in [-0.25, -0.2) is 0 Å². The molecule has 1 saturated heterocycles. The summed E-state index contributed by atoms with van der Waals surface area (Å²) in [6.07, 6.45) is 3.62. The standard InChI is InChI=1S/C14H20ClNO/c1-9-7-13(17-3)14(15)10(2)12(9)8-11-5-4-6-16-11/h7,11,16H,4-6,8H2,1-3H3. The van der Waals surface area contributed by atoms with Crippen molar-refractivity contribution in [2.24, 2.45) is 0 Å². The Morgan fingerprint density at radius 3 is 2.82 bits per heavy atom. The predicted octanol–water partition coefficient (Wildman–Crippen LogP) is 3.26. The van der Waals surface area contributed by atoms with Crippen LogP contribution >= 0.6 is 11.6 Å². The van der Waals surface area contributed by atoms with E-state index in [9.17, 15) is 0 Å². The lowest BCUT2D eigenvalue weighted by molar-refractivity contribution is 0.414. The highest BCUT2D eigenvalue weighted by atomic mass is 35.5. The molecule has 3 heteroatoms. The molecule has 1 aromatic carbocycles. The maximum absolute atomic E-state index is 6.31. The number of methoxy groups -OCH3 is 1. The molecule has 0 bridgehead atoms. The number of halogens is 1. The van der Waals surface area contributed by atoms with Gasteiger partial charge in [0.1, 0.15) is 5.75 Å². The fourth-order valence-electron chi connectivity index (χ4n) is 2.60. The first-order valence-electron chi connectivity index (χ1n) is 6.19. The van der Waals surface area contributed by atoms with Gasteiger partial charge in [0.2, 0.25) is 0 Å². The second-order valence-electron chi connectivity index (χ2n) is 4.81. The van der Waals surface area contributed by atoms with Gasteiger partial charge in [-0.15, -0.1) is 0 Å². The topological polar surface area (TPSA) is 21.3 Å². The zero-order chi connectivity index (χ0) is 12.4. The van der Waals surface area contributed by atoms with Crippen molar-refractivity contribution in [2.75, 3.05) is 13.7 Å². The minimum absolute atomic E-state index is 0.608. The van der Waals surface area contributed by atoms with Crippen molar-refractivity contribution in [3.05, 3.63) is 27.8 Å². The van der Waals surface area contributed by atoms with Crippen LogP contribution in [0.3, 0.4) is 0 Å². The molecule has 1 aliphatic rings. The highest BCUT2D eigenvalue weighted by Crippen LogP contribution is 2.33. The Labute approximate surface area is 108 Å². The van der Waals surface area contributed by atoms with Gasteiger partial charge in [0, 0.05) is 6.04 Å². The van der Waals surface area contributed by atoms with Crippen LogP contribution in [-0.2, 0) is 6.42 Å². The molecule has 1 aliphatic heterocycles. The molecule has 2 nitrogen and oxygen atoms in total. The largest absolute Gasteiger partial charge is 0.495 e. The van der Waals surface area contributed by atoms with E-state index >= 15 is 0 Å². The molecule has 0 aromatic heterocycles. The summed E-state index contributed by atoms with van der Waals surface area (Å²) in [6, 6.07) is 2.65. The third-order valence-corrected chi connectivity index (χ3v) is 4.12. The van der Waals surface area contributed by atoms with Crippen molar-refractivity contribution in [3.8, 4) is 5.75 Å². The summed E-state index contributed by atoms with van der Waals surface area (Å²) in [5.74, 6) is 0.782. The highest BCUT2D eigenvalue weighted by Gasteiger charge is 2.19. The predicted molar refractivity (Wildman–Crippen MR) is 72.2 cm³/mol. The number of rotatable bonds is 3. The van der Waals surface area contributed by atoms with Gasteiger partial charge in [-0.05, 0) is 62.4 Å². The zero-order valence-corrected chi connectivity index (χ0v) is 11.5. The van der Waals surface area contributed by atoms with E-state index in [-0.39, 0.29) is 0 Å². The molecule has 1 fully saturated rings. The van der Waals surface area contributed by atoms with E-state index < -0.39 is 0 Å². The average molecular weight is 254 g/mol. The summed E-state index contributed by atoms with van der Waals surface area (Å²) in [5.41, 5.74) is 3.81. The summed E-state index contributed by atoms with van der Waals surface area (Å²) in [5, 5.41) is 4.29. The van der Waals surface area contributed by atoms with E-state index in [4.69, 9.17) is 16.3 Å². The normalized spacial score (nSPS) is 19.6. The maximum Gasteiger partial charge on any atom is 0.138 e. The van der Waals surface area contributed by atoms with Gasteiger partial charge in [0.25, 0.3) is 0 Å². The van der Waals surface area contributed by atoms with Crippen LogP contribution in [0.25, 0.3) is 0 Å². The van der Waals surface area contributed by atoms with Crippen LogP contribution in [-0.4, -0.2) is 19.7 Å². The van der Waals surface area contributed by atoms with Gasteiger partial charge in [-0.2, -0.15) is 0 Å². The summed E-state index contributed by atoms with van der Waals surface area (Å²) in [7, 11) is 1.66. The number of benzene rings is 1. The molecule has 0 saturated carbocycles. The lowest BCUT2D eigenvalue weighted by Crippen LogP contribution is -2.24. The molecular weight excluding hydrogens is 234 g/mol. The van der Waals surface area contributed by atoms with Crippen molar-refractivity contribution in [3.63, 3.8) is 0 Å². The Morgan fingerprint density at radius 2 is 2.24 bits per heavy atom. The third-order valence-electron chi connectivity index (χ3n) is 3.65. The van der Waals surface area contributed by atoms with Gasteiger partial charge < -0.3 is 10.1 Å². The Bertz CT molecular complexity index is 411. The molecule has 0 spiro atoms. The van der Waals surface area contributed by atoms with Gasteiger partial charge >= 0.3 is 0 Å². The monoisotopic (exact) mass is 253 g/mol. The molecule has 0 aliphatic carbocycles. The number of nitrogens with one attached hydrogen (secondary N) is 1. The Balaban J connectivity index is 2.29. The molecule has 0 amide bonds. The summed E-state index contributed by atoms with van der Waals surface area (Å²) in [4.78, 5) is 0. The Morgan fingerprint density at radius 1 is 1.47 bits per heavy atom. The summed E-state index contributed by atoms with van der Waals surface area (Å²) >= 11 is 6.31. The SMILES string of the molecule is COc1cc(C)c(CC2CCCN2)c(C)c1Cl. The average Bonchev–Trinajstić information content (AvgIpc) is 2.82. The van der Waals surface area contributed by atoms with Crippen LogP contribution < -0.4 is 10.1 Å². The van der Waals surface area contributed by atoms with Crippen molar-refractivity contribution in [2.45, 2.75) is 39.2 Å². The van der Waals surface area contributed by atoms with Crippen molar-refractivity contribution in [1.29, 1.82) is 0 Å². The maximum atomic E-state index is 6.31. The highest BCUT2D eigenvalue weighted by molar-refractivity contribution is 6.33. The van der Waals surface area contributed by atoms with E-state index in [0.29, 0.717) is 6.04 Å². The molecule has 1 aromatic rings. The van der Waals surface area contributed by atoms with Crippen LogP contribution in [0.15, 0.2) is 6.07 Å². The second-order valence-corrected chi connectivity index (χ2v) is 5.19. The van der Waals surface area contributed by atoms with E-state index in [2.05, 4.69) is 19.2 Å². The molecule has 1 heterocycles. The lowest BCUT2D eigenvalue weighted by atomic mass is 9.95. The van der Waals surface area contributed by atoms with Gasteiger partial charge in [-0.1, -0.05) is 11.6 Å². The molecule has 0 radical (unpaired) electrons. The van der Waals surface area contributed by atoms with E-state index in [1.165, 1.54) is 24.0 Å². The first-order chi connectivity index (χ1) is 8.13. The lowest BCUT2D eigenvalue weighted by Gasteiger charge is -2.18. The molecule has 1 N–H and O–H groups in total. The zero-order valence-electron chi connectivity index (χ0n) is 10.8. The molecular formula is C14H20ClNO. The summed E-state index contributed by atoms with van der Waals surface area (Å²) < 4.78 is 5.28. The third kappa shape index (κ3) is 2.58. The van der Waals surface area contributed by atoms with Crippen LogP contribution in [0.1, 0.15) is 29.5 Å². The fourth-order valence-corrected chi connectivity index (χ4v) is 2.85. The van der Waals surface area contributed by atoms with Gasteiger partial charge in [0.15, 0.2) is 0 Å². The fraction of sp³-hybridized carbons (Fsp3) is 0.571. The first-order valence-corrected chi connectivity index (χ1v) is 6.57. The van der Waals surface area contributed by atoms with Crippen molar-refractivity contribution >= 4 is 11.6 Å². The van der Waals surface area contributed by atoms with Crippen LogP contribution in [0.5, 0.6) is 5.75 Å². The van der Waals surface area contributed by atoms with E-state index in [1.54, 1.807) is 7.11 Å². The van der Waals surface area contributed by atoms with Crippen LogP contribution in [0.4, 0.5) is 0 Å². The minimum atomic E-state index is 0.608. The molecule has 17 heavy (non-hydrogen) atoms. The van der Waals surface area contributed by atoms with E-state index in [0.717, 1.165) is 29.3 Å². The molecule has 2 rings (SSSR count). The number of hydrogen-bond donors (Lipinski definition) is 1. The number of ether oxygens (including phenoxy) is 1. The number of hydrogen-bond acceptors (Lipinski definition) is 2. The van der Waals surface area contributed by atoms with Crippen molar-refractivity contribution in [1.82, 2.24) is 5.32 Å². The Hall–Kier alpha value is -0.730. The van der Waals surface area contributed by atoms with Gasteiger partial charge in [0.05, 0.1) is 12.1 Å². The Kier molecular flexibility index (Phi) is 3.95. The summed E-state index contributed by atoms with van der Waals surface area (Å²) in [6.45, 7) is 5.37. The van der Waals surface area contributed by atoms with Crippen LogP contribution in [0.2, 0.25) is 5.02 Å². The number of aryl methyl sites for hydroxylation is 1. The van der Waals surface area contributed by atoms with E-state index in [1.807, 2.05) is 6.07 Å². The smallest absolute Gasteiger partial charge is 0.138 e. The second kappa shape index (κ2) is 5.28. The van der Waals surface area contributed by atoms with Crippen molar-refractivity contribution < 1.29 is 4.74 Å². The molecule has 1 atom stereocenters. The quantitative estimate of drug-likeness (QED) is 0.893.